The van der Waals surface area contributed by atoms with E-state index in [4.69, 9.17) is 0 Å². The van der Waals surface area contributed by atoms with E-state index in [0.29, 0.717) is 16.7 Å². The molecule has 0 aliphatic carbocycles. The molecule has 2 aromatic carbocycles. The predicted octanol–water partition coefficient (Wildman–Crippen LogP) is 4.29. The number of benzene rings is 2. The van der Waals surface area contributed by atoms with Crippen LogP contribution in [0.25, 0.3) is 17.1 Å². The largest absolute Gasteiger partial charge is 0.298 e. The van der Waals surface area contributed by atoms with Gasteiger partial charge in [0.25, 0.3) is 0 Å². The SMILES string of the molecule is Cc1ccccc1-n1c(SCC(=O)N(CC#N)c2ccccc2)nnc1-c1ccncc1. The second kappa shape index (κ2) is 9.90. The van der Waals surface area contributed by atoms with Crippen molar-refractivity contribution in [3.05, 3.63) is 84.7 Å². The molecule has 7 nitrogen and oxygen atoms in total. The zero-order chi connectivity index (χ0) is 22.3. The van der Waals surface area contributed by atoms with Crippen LogP contribution < -0.4 is 4.90 Å². The van der Waals surface area contributed by atoms with Crippen molar-refractivity contribution < 1.29 is 4.79 Å². The third-order valence-electron chi connectivity index (χ3n) is 4.85. The van der Waals surface area contributed by atoms with Crippen LogP contribution in [0, 0.1) is 18.3 Å². The van der Waals surface area contributed by atoms with Gasteiger partial charge in [-0.15, -0.1) is 10.2 Å². The van der Waals surface area contributed by atoms with Crippen molar-refractivity contribution in [1.29, 1.82) is 5.26 Å². The van der Waals surface area contributed by atoms with Gasteiger partial charge in [0, 0.05) is 23.6 Å². The molecule has 2 aromatic heterocycles. The smallest absolute Gasteiger partial charge is 0.238 e. The highest BCUT2D eigenvalue weighted by Gasteiger charge is 2.21. The summed E-state index contributed by atoms with van der Waals surface area (Å²) in [4.78, 5) is 18.5. The van der Waals surface area contributed by atoms with Crippen molar-refractivity contribution in [2.45, 2.75) is 12.1 Å². The van der Waals surface area contributed by atoms with E-state index in [-0.39, 0.29) is 18.2 Å². The molecule has 1 amide bonds. The Morgan fingerprint density at radius 1 is 1.03 bits per heavy atom. The Bertz CT molecular complexity index is 1250. The number of nitrogens with zero attached hydrogens (tertiary/aromatic N) is 6. The molecule has 0 atom stereocenters. The number of hydrogen-bond donors (Lipinski definition) is 0. The minimum Gasteiger partial charge on any atom is -0.298 e. The van der Waals surface area contributed by atoms with Gasteiger partial charge in [-0.05, 0) is 42.8 Å². The Balaban J connectivity index is 1.66. The average Bonchev–Trinajstić information content (AvgIpc) is 3.26. The lowest BCUT2D eigenvalue weighted by atomic mass is 10.2. The average molecular weight is 441 g/mol. The first-order chi connectivity index (χ1) is 15.7. The molecule has 32 heavy (non-hydrogen) atoms. The van der Waals surface area contributed by atoms with Crippen molar-refractivity contribution >= 4 is 23.4 Å². The molecule has 8 heteroatoms. The number of rotatable bonds is 7. The van der Waals surface area contributed by atoms with Gasteiger partial charge >= 0.3 is 0 Å². The van der Waals surface area contributed by atoms with Gasteiger partial charge in [0.1, 0.15) is 6.54 Å². The standard InChI is InChI=1S/C24H20N6OS/c1-18-7-5-6-10-21(18)30-23(19-11-14-26-15-12-19)27-28-24(30)32-17-22(31)29(16-13-25)20-8-3-2-4-9-20/h2-12,14-15H,16-17H2,1H3. The Kier molecular flexibility index (Phi) is 6.58. The van der Waals surface area contributed by atoms with Crippen LogP contribution in [0.3, 0.4) is 0 Å². The number of thioether (sulfide) groups is 1. The minimum atomic E-state index is -0.174. The van der Waals surface area contributed by atoms with Gasteiger partial charge in [-0.2, -0.15) is 5.26 Å². The Labute approximate surface area is 190 Å². The zero-order valence-corrected chi connectivity index (χ0v) is 18.2. The summed E-state index contributed by atoms with van der Waals surface area (Å²) >= 11 is 1.30. The number of nitriles is 1. The summed E-state index contributed by atoms with van der Waals surface area (Å²) < 4.78 is 1.96. The molecule has 0 N–H and O–H groups in total. The van der Waals surface area contributed by atoms with Gasteiger partial charge in [0.15, 0.2) is 11.0 Å². The van der Waals surface area contributed by atoms with Crippen LogP contribution in [0.5, 0.6) is 0 Å². The fraction of sp³-hybridized carbons (Fsp3) is 0.125. The minimum absolute atomic E-state index is 0.0177. The fourth-order valence-electron chi connectivity index (χ4n) is 3.29. The number of anilines is 1. The van der Waals surface area contributed by atoms with Crippen LogP contribution in [0.15, 0.2) is 84.3 Å². The van der Waals surface area contributed by atoms with Gasteiger partial charge < -0.3 is 0 Å². The summed E-state index contributed by atoms with van der Waals surface area (Å²) in [6.45, 7) is 2.01. The molecule has 158 valence electrons. The number of pyridine rings is 1. The molecule has 0 bridgehead atoms. The van der Waals surface area contributed by atoms with Crippen LogP contribution >= 0.6 is 11.8 Å². The molecule has 0 radical (unpaired) electrons. The van der Waals surface area contributed by atoms with Crippen molar-refractivity contribution in [3.63, 3.8) is 0 Å². The summed E-state index contributed by atoms with van der Waals surface area (Å²) in [6.07, 6.45) is 3.42. The van der Waals surface area contributed by atoms with Crippen LogP contribution in [-0.2, 0) is 4.79 Å². The van der Waals surface area contributed by atoms with E-state index in [1.165, 1.54) is 16.7 Å². The van der Waals surface area contributed by atoms with Crippen molar-refractivity contribution in [1.82, 2.24) is 19.7 Å². The van der Waals surface area contributed by atoms with E-state index < -0.39 is 0 Å². The van der Waals surface area contributed by atoms with Gasteiger partial charge in [-0.1, -0.05) is 48.2 Å². The lowest BCUT2D eigenvalue weighted by Gasteiger charge is -2.19. The Hall–Kier alpha value is -3.96. The monoisotopic (exact) mass is 440 g/mol. The number of para-hydroxylation sites is 2. The number of carbonyl (C=O) groups excluding carboxylic acids is 1. The molecule has 4 rings (SSSR count). The molecule has 0 saturated heterocycles. The van der Waals surface area contributed by atoms with E-state index in [9.17, 15) is 10.1 Å². The van der Waals surface area contributed by atoms with Crippen LogP contribution in [0.1, 0.15) is 5.56 Å². The number of aryl methyl sites for hydroxylation is 1. The van der Waals surface area contributed by atoms with Crippen LogP contribution in [-0.4, -0.2) is 38.0 Å². The van der Waals surface area contributed by atoms with Gasteiger partial charge in [0.2, 0.25) is 5.91 Å². The summed E-state index contributed by atoms with van der Waals surface area (Å²) in [5, 5.41) is 18.6. The highest BCUT2D eigenvalue weighted by Crippen LogP contribution is 2.29. The van der Waals surface area contributed by atoms with E-state index >= 15 is 0 Å². The number of hydrogen-bond acceptors (Lipinski definition) is 6. The molecule has 0 spiro atoms. The summed E-state index contributed by atoms with van der Waals surface area (Å²) in [5.74, 6) is 0.623. The van der Waals surface area contributed by atoms with Crippen LogP contribution in [0.2, 0.25) is 0 Å². The van der Waals surface area contributed by atoms with E-state index in [1.54, 1.807) is 12.4 Å². The number of amides is 1. The maximum Gasteiger partial charge on any atom is 0.238 e. The fourth-order valence-corrected chi connectivity index (χ4v) is 4.11. The molecular formula is C24H20N6OS. The molecule has 0 aliphatic rings. The van der Waals surface area contributed by atoms with Gasteiger partial charge in [-0.25, -0.2) is 0 Å². The predicted molar refractivity (Wildman–Crippen MR) is 124 cm³/mol. The van der Waals surface area contributed by atoms with Crippen molar-refractivity contribution in [2.24, 2.45) is 0 Å². The number of aromatic nitrogens is 4. The first-order valence-corrected chi connectivity index (χ1v) is 10.9. The zero-order valence-electron chi connectivity index (χ0n) is 17.4. The Morgan fingerprint density at radius 3 is 2.47 bits per heavy atom. The Morgan fingerprint density at radius 2 is 1.75 bits per heavy atom. The van der Waals surface area contributed by atoms with E-state index in [1.807, 2.05) is 78.2 Å². The highest BCUT2D eigenvalue weighted by molar-refractivity contribution is 7.99. The van der Waals surface area contributed by atoms with Crippen LogP contribution in [0.4, 0.5) is 5.69 Å². The second-order valence-electron chi connectivity index (χ2n) is 6.93. The first-order valence-electron chi connectivity index (χ1n) is 9.96. The van der Waals surface area contributed by atoms with Crippen molar-refractivity contribution in [2.75, 3.05) is 17.2 Å². The van der Waals surface area contributed by atoms with E-state index in [0.717, 1.165) is 16.8 Å². The molecule has 0 unspecified atom stereocenters. The van der Waals surface area contributed by atoms with E-state index in [2.05, 4.69) is 21.3 Å². The maximum atomic E-state index is 13.0. The van der Waals surface area contributed by atoms with Gasteiger partial charge in [-0.3, -0.25) is 19.2 Å². The molecular weight excluding hydrogens is 420 g/mol. The summed E-state index contributed by atoms with van der Waals surface area (Å²) in [7, 11) is 0. The quantitative estimate of drug-likeness (QED) is 0.315. The maximum absolute atomic E-state index is 13.0. The normalized spacial score (nSPS) is 10.5. The highest BCUT2D eigenvalue weighted by atomic mass is 32.2. The summed E-state index contributed by atoms with van der Waals surface area (Å²) in [5.41, 5.74) is 3.57. The second-order valence-corrected chi connectivity index (χ2v) is 7.87. The van der Waals surface area contributed by atoms with Crippen molar-refractivity contribution in [3.8, 4) is 23.1 Å². The van der Waals surface area contributed by atoms with Gasteiger partial charge in [0.05, 0.1) is 17.5 Å². The molecule has 4 aromatic rings. The number of carbonyl (C=O) groups is 1. The summed E-state index contributed by atoms with van der Waals surface area (Å²) in [6, 6.07) is 23.0. The molecule has 0 fully saturated rings. The lowest BCUT2D eigenvalue weighted by Crippen LogP contribution is -2.32. The molecule has 0 saturated carbocycles. The topological polar surface area (TPSA) is 87.7 Å². The molecule has 2 heterocycles. The third kappa shape index (κ3) is 4.53. The molecule has 0 aliphatic heterocycles. The first kappa shape index (κ1) is 21.3. The lowest BCUT2D eigenvalue weighted by molar-refractivity contribution is -0.116. The third-order valence-corrected chi connectivity index (χ3v) is 5.76.